The van der Waals surface area contributed by atoms with E-state index in [4.69, 9.17) is 28.3 Å². The summed E-state index contributed by atoms with van der Waals surface area (Å²) in [5, 5.41) is 2.78. The van der Waals surface area contributed by atoms with Crippen molar-refractivity contribution in [3.63, 3.8) is 0 Å². The number of carbonyl (C=O) groups excluding carboxylic acids is 2. The molecule has 38 heavy (non-hydrogen) atoms. The van der Waals surface area contributed by atoms with Gasteiger partial charge in [-0.25, -0.2) is 14.8 Å². The lowest BCUT2D eigenvalue weighted by Gasteiger charge is -2.16. The van der Waals surface area contributed by atoms with Crippen molar-refractivity contribution < 1.29 is 27.9 Å². The predicted molar refractivity (Wildman–Crippen MR) is 141 cm³/mol. The van der Waals surface area contributed by atoms with Crippen molar-refractivity contribution in [2.24, 2.45) is 0 Å². The summed E-state index contributed by atoms with van der Waals surface area (Å²) in [6, 6.07) is 18.9. The number of hydrogen-bond donors (Lipinski definition) is 1. The summed E-state index contributed by atoms with van der Waals surface area (Å²) < 4.78 is 22.1. The number of amides is 1. The summed E-state index contributed by atoms with van der Waals surface area (Å²) in [5.74, 6) is 0.690. The zero-order valence-corrected chi connectivity index (χ0v) is 20.8. The van der Waals surface area contributed by atoms with Gasteiger partial charge in [0.25, 0.3) is 5.91 Å². The summed E-state index contributed by atoms with van der Waals surface area (Å²) in [6.45, 7) is 4.22. The van der Waals surface area contributed by atoms with E-state index in [1.54, 1.807) is 86.2 Å². The number of rotatable bonds is 9. The predicted octanol–water partition coefficient (Wildman–Crippen LogP) is 6.12. The van der Waals surface area contributed by atoms with Gasteiger partial charge in [-0.2, -0.15) is 0 Å². The number of anilines is 1. The highest BCUT2D eigenvalue weighted by atomic mass is 16.5. The molecule has 0 spiro atoms. The minimum Gasteiger partial charge on any atom is -0.494 e. The van der Waals surface area contributed by atoms with Crippen molar-refractivity contribution in [3.05, 3.63) is 84.8 Å². The number of nitrogens with zero attached hydrogens (tertiary/aromatic N) is 2. The first-order valence-corrected chi connectivity index (χ1v) is 12.2. The van der Waals surface area contributed by atoms with Gasteiger partial charge in [-0.1, -0.05) is 6.92 Å². The molecule has 1 atom stereocenters. The average molecular weight is 512 g/mol. The van der Waals surface area contributed by atoms with Gasteiger partial charge in [0.05, 0.1) is 35.7 Å². The fraction of sp³-hybridized carbons (Fsp3) is 0.172. The van der Waals surface area contributed by atoms with E-state index in [-0.39, 0.29) is 5.56 Å². The Morgan fingerprint density at radius 2 is 1.53 bits per heavy atom. The van der Waals surface area contributed by atoms with E-state index in [0.29, 0.717) is 58.4 Å². The van der Waals surface area contributed by atoms with Crippen LogP contribution in [0.3, 0.4) is 0 Å². The fourth-order valence-electron chi connectivity index (χ4n) is 3.89. The van der Waals surface area contributed by atoms with Gasteiger partial charge in [-0.05, 0) is 80.1 Å². The number of nitrogens with one attached hydrogen (secondary N) is 1. The maximum Gasteiger partial charge on any atom is 0.338 e. The molecule has 0 fully saturated rings. The van der Waals surface area contributed by atoms with Crippen LogP contribution in [0.15, 0.2) is 88.1 Å². The van der Waals surface area contributed by atoms with Crippen LogP contribution >= 0.6 is 0 Å². The van der Waals surface area contributed by atoms with Gasteiger partial charge in [-0.3, -0.25) is 4.79 Å². The van der Waals surface area contributed by atoms with Gasteiger partial charge in [-0.15, -0.1) is 0 Å². The van der Waals surface area contributed by atoms with Crippen molar-refractivity contribution in [3.8, 4) is 28.7 Å². The smallest absolute Gasteiger partial charge is 0.338 e. The molecule has 0 aliphatic heterocycles. The summed E-state index contributed by atoms with van der Waals surface area (Å²) in [6.07, 6.45) is 2.43. The van der Waals surface area contributed by atoms with Crippen LogP contribution in [0, 0.1) is 0 Å². The molecule has 3 aromatic heterocycles. The highest BCUT2D eigenvalue weighted by molar-refractivity contribution is 5.99. The standard InChI is InChI=1S/C29H25N3O6/c1-3-23(28(33)30-19-10-12-20(13-11-19)35-4-2)38-29(34)18-9-14-21-22(17-18)32-27(25-8-6-16-37-25)26(31-21)24-7-5-15-36-24/h5-17,23H,3-4H2,1-2H3,(H,30,33). The summed E-state index contributed by atoms with van der Waals surface area (Å²) in [5.41, 5.74) is 2.84. The van der Waals surface area contributed by atoms with Crippen LogP contribution in [0.2, 0.25) is 0 Å². The molecule has 1 N–H and O–H groups in total. The lowest BCUT2D eigenvalue weighted by Crippen LogP contribution is -2.32. The molecule has 3 heterocycles. The Morgan fingerprint density at radius 3 is 2.11 bits per heavy atom. The van der Waals surface area contributed by atoms with E-state index in [0.717, 1.165) is 0 Å². The quantitative estimate of drug-likeness (QED) is 0.235. The van der Waals surface area contributed by atoms with Crippen molar-refractivity contribution in [1.82, 2.24) is 9.97 Å². The van der Waals surface area contributed by atoms with Gasteiger partial charge >= 0.3 is 5.97 Å². The second-order valence-corrected chi connectivity index (χ2v) is 8.33. The van der Waals surface area contributed by atoms with Crippen LogP contribution < -0.4 is 10.1 Å². The first-order chi connectivity index (χ1) is 18.6. The molecule has 5 aromatic rings. The van der Waals surface area contributed by atoms with E-state index in [1.165, 1.54) is 0 Å². The molecule has 1 unspecified atom stereocenters. The van der Waals surface area contributed by atoms with Crippen molar-refractivity contribution in [2.75, 3.05) is 11.9 Å². The molecule has 9 nitrogen and oxygen atoms in total. The minimum absolute atomic E-state index is 0.246. The Kier molecular flexibility index (Phi) is 7.17. The highest BCUT2D eigenvalue weighted by Gasteiger charge is 2.23. The van der Waals surface area contributed by atoms with Crippen LogP contribution in [0.5, 0.6) is 5.75 Å². The third kappa shape index (κ3) is 5.27. The molecule has 1 amide bonds. The number of aromatic nitrogens is 2. The average Bonchev–Trinajstić information content (AvgIpc) is 3.67. The molecule has 0 bridgehead atoms. The molecule has 2 aromatic carbocycles. The normalized spacial score (nSPS) is 11.7. The third-order valence-electron chi connectivity index (χ3n) is 5.75. The van der Waals surface area contributed by atoms with Crippen molar-refractivity contribution in [2.45, 2.75) is 26.4 Å². The molecule has 0 aliphatic rings. The number of benzene rings is 2. The molecule has 0 saturated carbocycles. The zero-order valence-electron chi connectivity index (χ0n) is 20.8. The summed E-state index contributed by atoms with van der Waals surface area (Å²) in [7, 11) is 0. The Hall–Kier alpha value is -4.92. The maximum atomic E-state index is 13.0. The molecule has 5 rings (SSSR count). The largest absolute Gasteiger partial charge is 0.494 e. The van der Waals surface area contributed by atoms with Gasteiger partial charge in [0.2, 0.25) is 0 Å². The molecule has 9 heteroatoms. The first kappa shape index (κ1) is 24.8. The number of esters is 1. The number of ether oxygens (including phenoxy) is 2. The summed E-state index contributed by atoms with van der Waals surface area (Å²) in [4.78, 5) is 35.2. The van der Waals surface area contributed by atoms with Crippen LogP contribution in [0.1, 0.15) is 30.6 Å². The molecular weight excluding hydrogens is 486 g/mol. The Bertz CT molecular complexity index is 1540. The molecular formula is C29H25N3O6. The second-order valence-electron chi connectivity index (χ2n) is 8.33. The Balaban J connectivity index is 1.36. The molecule has 0 saturated heterocycles. The Labute approximate surface area is 218 Å². The number of fused-ring (bicyclic) bond motifs is 1. The Morgan fingerprint density at radius 1 is 0.868 bits per heavy atom. The van der Waals surface area contributed by atoms with Gasteiger partial charge in [0.15, 0.2) is 17.6 Å². The van der Waals surface area contributed by atoms with E-state index >= 15 is 0 Å². The van der Waals surface area contributed by atoms with Gasteiger partial charge < -0.3 is 23.6 Å². The minimum atomic E-state index is -0.976. The molecule has 0 aliphatic carbocycles. The van der Waals surface area contributed by atoms with Gasteiger partial charge in [0.1, 0.15) is 17.1 Å². The van der Waals surface area contributed by atoms with Crippen LogP contribution in [0.25, 0.3) is 33.9 Å². The van der Waals surface area contributed by atoms with Crippen molar-refractivity contribution in [1.29, 1.82) is 0 Å². The number of hydrogen-bond acceptors (Lipinski definition) is 8. The topological polar surface area (TPSA) is 117 Å². The number of carbonyl (C=O) groups is 2. The highest BCUT2D eigenvalue weighted by Crippen LogP contribution is 2.31. The number of furan rings is 2. The fourth-order valence-corrected chi connectivity index (χ4v) is 3.89. The maximum absolute atomic E-state index is 13.0. The monoisotopic (exact) mass is 511 g/mol. The molecule has 192 valence electrons. The van der Waals surface area contributed by atoms with E-state index in [1.807, 2.05) is 6.92 Å². The molecule has 0 radical (unpaired) electrons. The lowest BCUT2D eigenvalue weighted by molar-refractivity contribution is -0.124. The third-order valence-corrected chi connectivity index (χ3v) is 5.75. The van der Waals surface area contributed by atoms with Crippen LogP contribution in [-0.4, -0.2) is 34.6 Å². The van der Waals surface area contributed by atoms with E-state index in [2.05, 4.69) is 5.32 Å². The van der Waals surface area contributed by atoms with E-state index in [9.17, 15) is 9.59 Å². The zero-order chi connectivity index (χ0) is 26.5. The van der Waals surface area contributed by atoms with Crippen LogP contribution in [-0.2, 0) is 9.53 Å². The van der Waals surface area contributed by atoms with Crippen LogP contribution in [0.4, 0.5) is 5.69 Å². The SMILES string of the molecule is CCOc1ccc(NC(=O)C(CC)OC(=O)c2ccc3nc(-c4ccco4)c(-c4ccco4)nc3c2)cc1. The first-order valence-electron chi connectivity index (χ1n) is 12.2. The second kappa shape index (κ2) is 11.0. The van der Waals surface area contributed by atoms with Gasteiger partial charge in [0, 0.05) is 5.69 Å². The summed E-state index contributed by atoms with van der Waals surface area (Å²) >= 11 is 0. The van der Waals surface area contributed by atoms with Crippen molar-refractivity contribution >= 4 is 28.6 Å². The lowest BCUT2D eigenvalue weighted by atomic mass is 10.1. The van der Waals surface area contributed by atoms with E-state index < -0.39 is 18.0 Å².